The van der Waals surface area contributed by atoms with Crippen molar-refractivity contribution >= 4 is 21.9 Å². The van der Waals surface area contributed by atoms with Crippen LogP contribution in [0.5, 0.6) is 0 Å². The Hall–Kier alpha value is -2.26. The van der Waals surface area contributed by atoms with E-state index in [9.17, 15) is 22.4 Å². The Kier molecular flexibility index (Phi) is 7.05. The Labute approximate surface area is 140 Å². The molecule has 1 rings (SSSR count). The number of nitrogens with zero attached hydrogens (tertiary/aromatic N) is 1. The average molecular weight is 358 g/mol. The Morgan fingerprint density at radius 3 is 2.50 bits per heavy atom. The Morgan fingerprint density at radius 2 is 1.96 bits per heavy atom. The normalized spacial score (nSPS) is 12.5. The van der Waals surface area contributed by atoms with Crippen molar-refractivity contribution in [1.29, 1.82) is 0 Å². The maximum atomic E-state index is 12.9. The second-order valence-electron chi connectivity index (χ2n) is 4.88. The molecule has 7 nitrogen and oxygen atoms in total. The highest BCUT2D eigenvalue weighted by molar-refractivity contribution is 7.89. The molecular weight excluding hydrogens is 339 g/mol. The number of hydrogen-bond donors (Lipinski definition) is 1. The zero-order chi connectivity index (χ0) is 18.3. The number of esters is 1. The highest BCUT2D eigenvalue weighted by atomic mass is 32.2. The van der Waals surface area contributed by atoms with Gasteiger partial charge in [0, 0.05) is 13.6 Å². The zero-order valence-electron chi connectivity index (χ0n) is 13.4. The number of halogens is 1. The minimum Gasteiger partial charge on any atom is -0.452 e. The highest BCUT2D eigenvalue weighted by Crippen LogP contribution is 2.14. The highest BCUT2D eigenvalue weighted by Gasteiger charge is 2.25. The van der Waals surface area contributed by atoms with Gasteiger partial charge >= 0.3 is 5.97 Å². The summed E-state index contributed by atoms with van der Waals surface area (Å²) in [4.78, 5) is 23.2. The average Bonchev–Trinajstić information content (AvgIpc) is 2.52. The number of hydrogen-bond acceptors (Lipinski definition) is 5. The van der Waals surface area contributed by atoms with Gasteiger partial charge in [-0.3, -0.25) is 9.59 Å². The van der Waals surface area contributed by atoms with Gasteiger partial charge in [-0.1, -0.05) is 6.08 Å². The summed E-state index contributed by atoms with van der Waals surface area (Å²) in [5.41, 5.74) is 0. The Morgan fingerprint density at radius 1 is 1.38 bits per heavy atom. The monoisotopic (exact) mass is 358 g/mol. The fraction of sp³-hybridized carbons (Fsp3) is 0.333. The molecule has 132 valence electrons. The summed E-state index contributed by atoms with van der Waals surface area (Å²) in [6.45, 7) is 4.44. The van der Waals surface area contributed by atoms with Crippen molar-refractivity contribution in [2.75, 3.05) is 20.1 Å². The number of amides is 1. The Balaban J connectivity index is 2.67. The van der Waals surface area contributed by atoms with Gasteiger partial charge in [0.25, 0.3) is 5.91 Å². The van der Waals surface area contributed by atoms with Gasteiger partial charge < -0.3 is 10.1 Å². The van der Waals surface area contributed by atoms with Crippen LogP contribution in [0.3, 0.4) is 0 Å². The van der Waals surface area contributed by atoms with Gasteiger partial charge in [-0.15, -0.1) is 6.58 Å². The van der Waals surface area contributed by atoms with Crippen LogP contribution in [0.2, 0.25) is 0 Å². The van der Waals surface area contributed by atoms with E-state index in [1.807, 2.05) is 0 Å². The van der Waals surface area contributed by atoms with Gasteiger partial charge in [-0.05, 0) is 31.2 Å². The summed E-state index contributed by atoms with van der Waals surface area (Å²) in [6, 6.07) is 4.20. The van der Waals surface area contributed by atoms with E-state index in [-0.39, 0.29) is 11.4 Å². The SMILES string of the molecule is C=CCNC(=O)[C@@H](C)OC(=O)CN(C)S(=O)(=O)c1ccc(F)cc1. The van der Waals surface area contributed by atoms with Gasteiger partial charge in [0.15, 0.2) is 6.10 Å². The van der Waals surface area contributed by atoms with Crippen LogP contribution in [0.25, 0.3) is 0 Å². The molecule has 0 aliphatic heterocycles. The van der Waals surface area contributed by atoms with Crippen LogP contribution in [0, 0.1) is 5.82 Å². The fourth-order valence-corrected chi connectivity index (χ4v) is 2.77. The summed E-state index contributed by atoms with van der Waals surface area (Å²) in [5, 5.41) is 2.45. The van der Waals surface area contributed by atoms with Gasteiger partial charge in [-0.25, -0.2) is 12.8 Å². The molecule has 0 aliphatic rings. The molecule has 0 saturated carbocycles. The minimum atomic E-state index is -3.97. The molecule has 0 fully saturated rings. The number of benzene rings is 1. The molecule has 0 aliphatic carbocycles. The van der Waals surface area contributed by atoms with E-state index in [1.54, 1.807) is 0 Å². The molecule has 1 aromatic rings. The maximum Gasteiger partial charge on any atom is 0.322 e. The molecule has 1 atom stereocenters. The first-order valence-electron chi connectivity index (χ1n) is 6.98. The van der Waals surface area contributed by atoms with Crippen LogP contribution >= 0.6 is 0 Å². The van der Waals surface area contributed by atoms with Crippen LogP contribution in [0.1, 0.15) is 6.92 Å². The number of likely N-dealkylation sites (N-methyl/N-ethyl adjacent to an activating group) is 1. The molecule has 0 aromatic heterocycles. The maximum absolute atomic E-state index is 12.9. The fourth-order valence-electron chi connectivity index (χ4n) is 1.66. The van der Waals surface area contributed by atoms with Crippen LogP contribution in [0.15, 0.2) is 41.8 Å². The molecule has 0 spiro atoms. The molecule has 0 radical (unpaired) electrons. The largest absolute Gasteiger partial charge is 0.452 e. The summed E-state index contributed by atoms with van der Waals surface area (Å²) >= 11 is 0. The lowest BCUT2D eigenvalue weighted by molar-refractivity contribution is -0.154. The summed E-state index contributed by atoms with van der Waals surface area (Å²) in [5.74, 6) is -1.98. The van der Waals surface area contributed by atoms with Crippen LogP contribution in [-0.4, -0.2) is 50.8 Å². The van der Waals surface area contributed by atoms with Gasteiger partial charge in [0.05, 0.1) is 4.90 Å². The molecule has 0 heterocycles. The van der Waals surface area contributed by atoms with Crippen LogP contribution < -0.4 is 5.32 Å². The minimum absolute atomic E-state index is 0.157. The predicted molar refractivity (Wildman–Crippen MR) is 85.0 cm³/mol. The summed E-state index contributed by atoms with van der Waals surface area (Å²) in [6.07, 6.45) is 0.398. The Bertz CT molecular complexity index is 703. The van der Waals surface area contributed by atoms with Crippen molar-refractivity contribution in [3.63, 3.8) is 0 Å². The number of nitrogens with one attached hydrogen (secondary N) is 1. The van der Waals surface area contributed by atoms with E-state index in [4.69, 9.17) is 4.74 Å². The first kappa shape index (κ1) is 19.8. The molecule has 24 heavy (non-hydrogen) atoms. The zero-order valence-corrected chi connectivity index (χ0v) is 14.2. The third-order valence-corrected chi connectivity index (χ3v) is 4.79. The molecule has 1 aromatic carbocycles. The molecule has 0 unspecified atom stereocenters. The lowest BCUT2D eigenvalue weighted by Crippen LogP contribution is -2.39. The molecule has 0 bridgehead atoms. The van der Waals surface area contributed by atoms with E-state index in [0.717, 1.165) is 28.6 Å². The molecule has 0 saturated heterocycles. The van der Waals surface area contributed by atoms with E-state index in [1.165, 1.54) is 20.0 Å². The van der Waals surface area contributed by atoms with Gasteiger partial charge in [0.2, 0.25) is 10.0 Å². The number of carbonyl (C=O) groups excluding carboxylic acids is 2. The quantitative estimate of drug-likeness (QED) is 0.545. The van der Waals surface area contributed by atoms with Crippen LogP contribution in [-0.2, 0) is 24.3 Å². The van der Waals surface area contributed by atoms with Crippen molar-refractivity contribution in [3.8, 4) is 0 Å². The molecule has 1 N–H and O–H groups in total. The molecule has 9 heteroatoms. The second kappa shape index (κ2) is 8.55. The number of sulfonamides is 1. The number of rotatable bonds is 8. The first-order valence-corrected chi connectivity index (χ1v) is 8.42. The van der Waals surface area contributed by atoms with Crippen molar-refractivity contribution in [3.05, 3.63) is 42.7 Å². The van der Waals surface area contributed by atoms with E-state index < -0.39 is 40.4 Å². The summed E-state index contributed by atoms with van der Waals surface area (Å²) < 4.78 is 43.0. The first-order chi connectivity index (χ1) is 11.2. The third kappa shape index (κ3) is 5.43. The van der Waals surface area contributed by atoms with Gasteiger partial charge in [-0.2, -0.15) is 4.31 Å². The van der Waals surface area contributed by atoms with E-state index in [2.05, 4.69) is 11.9 Å². The van der Waals surface area contributed by atoms with Crippen molar-refractivity contribution < 1.29 is 27.1 Å². The van der Waals surface area contributed by atoms with Crippen LogP contribution in [0.4, 0.5) is 4.39 Å². The van der Waals surface area contributed by atoms with Crippen molar-refractivity contribution in [1.82, 2.24) is 9.62 Å². The van der Waals surface area contributed by atoms with Crippen molar-refractivity contribution in [2.24, 2.45) is 0 Å². The van der Waals surface area contributed by atoms with E-state index in [0.29, 0.717) is 0 Å². The van der Waals surface area contributed by atoms with Gasteiger partial charge in [0.1, 0.15) is 12.4 Å². The second-order valence-corrected chi connectivity index (χ2v) is 6.93. The predicted octanol–water partition coefficient (Wildman–Crippen LogP) is 0.680. The topological polar surface area (TPSA) is 92.8 Å². The number of ether oxygens (including phenoxy) is 1. The lowest BCUT2D eigenvalue weighted by Gasteiger charge is -2.18. The molecule has 1 amide bonds. The smallest absolute Gasteiger partial charge is 0.322 e. The lowest BCUT2D eigenvalue weighted by atomic mass is 10.3. The molecular formula is C15H19FN2O5S. The third-order valence-electron chi connectivity index (χ3n) is 2.97. The standard InChI is InChI=1S/C15H19FN2O5S/c1-4-9-17-15(20)11(2)23-14(19)10-18(3)24(21,22)13-7-5-12(16)6-8-13/h4-8,11H,1,9-10H2,2-3H3,(H,17,20)/t11-/m1/s1. The number of carbonyl (C=O) groups is 2. The summed E-state index contributed by atoms with van der Waals surface area (Å²) in [7, 11) is -2.79. The van der Waals surface area contributed by atoms with E-state index >= 15 is 0 Å². The van der Waals surface area contributed by atoms with Crippen molar-refractivity contribution in [2.45, 2.75) is 17.9 Å².